The molecular formula is C12H14BrClN2O3. The molecule has 0 bridgehead atoms. The summed E-state index contributed by atoms with van der Waals surface area (Å²) in [5.41, 5.74) is 0.633. The number of hydrogen-bond acceptors (Lipinski definition) is 4. The van der Waals surface area contributed by atoms with Crippen LogP contribution in [0, 0.1) is 10.1 Å². The van der Waals surface area contributed by atoms with Crippen molar-refractivity contribution in [1.82, 2.24) is 5.32 Å². The molecule has 19 heavy (non-hydrogen) atoms. The van der Waals surface area contributed by atoms with Crippen LogP contribution < -0.4 is 10.1 Å². The summed E-state index contributed by atoms with van der Waals surface area (Å²) >= 11 is 8.99. The highest BCUT2D eigenvalue weighted by atomic mass is 79.9. The van der Waals surface area contributed by atoms with E-state index in [1.165, 1.54) is 6.07 Å². The first-order valence-electron chi connectivity index (χ1n) is 5.59. The molecule has 0 aliphatic carbocycles. The second-order valence-electron chi connectivity index (χ2n) is 3.81. The zero-order valence-corrected chi connectivity index (χ0v) is 12.8. The summed E-state index contributed by atoms with van der Waals surface area (Å²) in [7, 11) is 0. The highest BCUT2D eigenvalue weighted by molar-refractivity contribution is 9.10. The Bertz CT molecular complexity index is 494. The molecule has 104 valence electrons. The molecule has 0 aromatic heterocycles. The Morgan fingerprint density at radius 1 is 1.63 bits per heavy atom. The van der Waals surface area contributed by atoms with Gasteiger partial charge in [0.15, 0.2) is 0 Å². The lowest BCUT2D eigenvalue weighted by atomic mass is 10.3. The van der Waals surface area contributed by atoms with E-state index < -0.39 is 4.92 Å². The zero-order chi connectivity index (χ0) is 14.4. The minimum atomic E-state index is -0.529. The Balaban J connectivity index is 2.83. The monoisotopic (exact) mass is 348 g/mol. The highest BCUT2D eigenvalue weighted by Crippen LogP contribution is 2.38. The largest absolute Gasteiger partial charge is 0.481 e. The van der Waals surface area contributed by atoms with Crippen molar-refractivity contribution in [2.24, 2.45) is 0 Å². The van der Waals surface area contributed by atoms with Crippen LogP contribution in [-0.4, -0.2) is 24.6 Å². The first-order valence-corrected chi connectivity index (χ1v) is 6.76. The van der Waals surface area contributed by atoms with E-state index in [9.17, 15) is 10.1 Å². The van der Waals surface area contributed by atoms with E-state index in [0.717, 1.165) is 12.1 Å². The molecule has 5 nitrogen and oxygen atoms in total. The van der Waals surface area contributed by atoms with Crippen molar-refractivity contribution in [1.29, 1.82) is 0 Å². The molecule has 0 aliphatic rings. The molecular weight excluding hydrogens is 336 g/mol. The van der Waals surface area contributed by atoms with Gasteiger partial charge in [0.05, 0.1) is 9.40 Å². The van der Waals surface area contributed by atoms with Crippen molar-refractivity contribution >= 4 is 33.2 Å². The number of hydrogen-bond donors (Lipinski definition) is 1. The van der Waals surface area contributed by atoms with Crippen LogP contribution in [-0.2, 0) is 0 Å². The fourth-order valence-electron chi connectivity index (χ4n) is 1.35. The fraction of sp³-hybridized carbons (Fsp3) is 0.333. The molecule has 0 fully saturated rings. The van der Waals surface area contributed by atoms with E-state index in [0.29, 0.717) is 11.0 Å². The van der Waals surface area contributed by atoms with Gasteiger partial charge in [-0.2, -0.15) is 0 Å². The summed E-state index contributed by atoms with van der Waals surface area (Å²) in [5, 5.41) is 14.3. The summed E-state index contributed by atoms with van der Waals surface area (Å²) in [5.74, 6) is 0.159. The molecule has 1 aromatic rings. The van der Waals surface area contributed by atoms with Crippen LogP contribution in [0.5, 0.6) is 5.75 Å². The molecule has 1 rings (SSSR count). The number of ether oxygens (including phenoxy) is 1. The second-order valence-corrected chi connectivity index (χ2v) is 5.10. The predicted molar refractivity (Wildman–Crippen MR) is 79.0 cm³/mol. The summed E-state index contributed by atoms with van der Waals surface area (Å²) < 4.78 is 5.90. The van der Waals surface area contributed by atoms with Crippen LogP contribution in [0.3, 0.4) is 0 Å². The highest BCUT2D eigenvalue weighted by Gasteiger charge is 2.20. The van der Waals surface area contributed by atoms with Gasteiger partial charge in [-0.3, -0.25) is 10.1 Å². The maximum atomic E-state index is 11.0. The van der Waals surface area contributed by atoms with Gasteiger partial charge in [-0.15, -0.1) is 0 Å². The number of benzene rings is 1. The van der Waals surface area contributed by atoms with Gasteiger partial charge in [0.25, 0.3) is 0 Å². The van der Waals surface area contributed by atoms with Gasteiger partial charge in [-0.25, -0.2) is 0 Å². The molecule has 1 N–H and O–H groups in total. The van der Waals surface area contributed by atoms with Crippen LogP contribution in [0.2, 0.25) is 5.02 Å². The standard InChI is InChI=1S/C12H14BrClN2O3/c1-3-15-6-8(2)7-19-12-10(13)4-9(14)5-11(12)16(17)18/h4-5,15H,2-3,6-7H2,1H3. The quantitative estimate of drug-likeness (QED) is 0.464. The van der Waals surface area contributed by atoms with Gasteiger partial charge in [-0.05, 0) is 34.1 Å². The first-order chi connectivity index (χ1) is 8.95. The Morgan fingerprint density at radius 2 is 2.32 bits per heavy atom. The van der Waals surface area contributed by atoms with Crippen LogP contribution in [0.1, 0.15) is 6.92 Å². The molecule has 0 radical (unpaired) electrons. The molecule has 1 aromatic carbocycles. The number of nitro benzene ring substituents is 1. The van der Waals surface area contributed by atoms with Crippen LogP contribution in [0.25, 0.3) is 0 Å². The maximum Gasteiger partial charge on any atom is 0.313 e. The van der Waals surface area contributed by atoms with Gasteiger partial charge >= 0.3 is 5.69 Å². The first kappa shape index (κ1) is 15.9. The Labute approximate surface area is 124 Å². The summed E-state index contributed by atoms with van der Waals surface area (Å²) in [4.78, 5) is 10.4. The Kier molecular flexibility index (Phi) is 6.27. The van der Waals surface area contributed by atoms with Gasteiger partial charge in [0, 0.05) is 17.6 Å². The van der Waals surface area contributed by atoms with Crippen LogP contribution in [0.4, 0.5) is 5.69 Å². The van der Waals surface area contributed by atoms with Crippen molar-refractivity contribution < 1.29 is 9.66 Å². The van der Waals surface area contributed by atoms with Crippen molar-refractivity contribution in [3.05, 3.63) is 43.9 Å². The Hall–Kier alpha value is -1.11. The average molecular weight is 350 g/mol. The average Bonchev–Trinajstić information content (AvgIpc) is 2.34. The Morgan fingerprint density at radius 3 is 2.89 bits per heavy atom. The molecule has 0 atom stereocenters. The van der Waals surface area contributed by atoms with Crippen molar-refractivity contribution in [3.63, 3.8) is 0 Å². The minimum Gasteiger partial charge on any atom is -0.481 e. The molecule has 0 aliphatic heterocycles. The summed E-state index contributed by atoms with van der Waals surface area (Å²) in [6.07, 6.45) is 0. The molecule has 0 unspecified atom stereocenters. The maximum absolute atomic E-state index is 11.0. The third-order valence-corrected chi connectivity index (χ3v) is 3.04. The molecule has 0 saturated carbocycles. The number of rotatable bonds is 7. The van der Waals surface area contributed by atoms with E-state index >= 15 is 0 Å². The smallest absolute Gasteiger partial charge is 0.313 e. The van der Waals surface area contributed by atoms with Gasteiger partial charge in [-0.1, -0.05) is 25.1 Å². The van der Waals surface area contributed by atoms with E-state index in [1.807, 2.05) is 6.92 Å². The van der Waals surface area contributed by atoms with Gasteiger partial charge in [0.1, 0.15) is 6.61 Å². The number of nitrogens with one attached hydrogen (secondary N) is 1. The lowest BCUT2D eigenvalue weighted by Gasteiger charge is -2.11. The van der Waals surface area contributed by atoms with Crippen molar-refractivity contribution in [2.45, 2.75) is 6.92 Å². The number of halogens is 2. The van der Waals surface area contributed by atoms with Crippen LogP contribution in [0.15, 0.2) is 28.8 Å². The molecule has 0 heterocycles. The minimum absolute atomic E-state index is 0.159. The topological polar surface area (TPSA) is 64.4 Å². The van der Waals surface area contributed by atoms with E-state index in [4.69, 9.17) is 16.3 Å². The summed E-state index contributed by atoms with van der Waals surface area (Å²) in [6.45, 7) is 7.44. The second kappa shape index (κ2) is 7.47. The molecule has 0 spiro atoms. The lowest BCUT2D eigenvalue weighted by Crippen LogP contribution is -2.19. The summed E-state index contributed by atoms with van der Waals surface area (Å²) in [6, 6.07) is 2.81. The normalized spacial score (nSPS) is 10.3. The van der Waals surface area contributed by atoms with E-state index in [-0.39, 0.29) is 23.1 Å². The molecule has 0 amide bonds. The molecule has 0 saturated heterocycles. The SMILES string of the molecule is C=C(CNCC)COc1c(Br)cc(Cl)cc1[N+](=O)[O-]. The number of nitro groups is 1. The lowest BCUT2D eigenvalue weighted by molar-refractivity contribution is -0.385. The number of likely N-dealkylation sites (N-methyl/N-ethyl adjacent to an activating group) is 1. The van der Waals surface area contributed by atoms with E-state index in [1.54, 1.807) is 6.07 Å². The third-order valence-electron chi connectivity index (χ3n) is 2.23. The predicted octanol–water partition coefficient (Wildman–Crippen LogP) is 3.56. The fourth-order valence-corrected chi connectivity index (χ4v) is 2.26. The number of nitrogens with zero attached hydrogens (tertiary/aromatic N) is 1. The third kappa shape index (κ3) is 4.81. The van der Waals surface area contributed by atoms with Gasteiger partial charge < -0.3 is 10.1 Å². The van der Waals surface area contributed by atoms with Crippen molar-refractivity contribution in [3.8, 4) is 5.75 Å². The van der Waals surface area contributed by atoms with Gasteiger partial charge in [0.2, 0.25) is 5.75 Å². The molecule has 7 heteroatoms. The van der Waals surface area contributed by atoms with Crippen molar-refractivity contribution in [2.75, 3.05) is 19.7 Å². The van der Waals surface area contributed by atoms with Crippen LogP contribution >= 0.6 is 27.5 Å². The zero-order valence-electron chi connectivity index (χ0n) is 10.4. The van der Waals surface area contributed by atoms with E-state index in [2.05, 4.69) is 27.8 Å².